The summed E-state index contributed by atoms with van der Waals surface area (Å²) in [5.41, 5.74) is 21.8. The van der Waals surface area contributed by atoms with Gasteiger partial charge in [0.1, 0.15) is 37.9 Å². The summed E-state index contributed by atoms with van der Waals surface area (Å²) < 4.78 is 143. The van der Waals surface area contributed by atoms with Crippen molar-refractivity contribution in [2.45, 2.75) is 96.9 Å². The van der Waals surface area contributed by atoms with Crippen LogP contribution in [0.3, 0.4) is 0 Å². The van der Waals surface area contributed by atoms with E-state index in [0.717, 1.165) is 31.5 Å². The number of halogens is 16. The molecule has 598 valence electrons. The Balaban J connectivity index is 0.000000197. The number of aromatic carboxylic acids is 1. The Morgan fingerprint density at radius 2 is 0.885 bits per heavy atom. The first-order valence-electron chi connectivity index (χ1n) is 32.2. The number of carbonyl (C=O) groups excluding carboxylic acids is 3. The molecule has 0 spiro atoms. The summed E-state index contributed by atoms with van der Waals surface area (Å²) in [6.45, 7) is 12.9. The van der Waals surface area contributed by atoms with Crippen LogP contribution in [0, 0.1) is 0 Å². The van der Waals surface area contributed by atoms with Gasteiger partial charge in [0.25, 0.3) is 11.8 Å². The number of methoxy groups -OCH3 is 1. The Kier molecular flexibility index (Phi) is 32.0. The van der Waals surface area contributed by atoms with Crippen molar-refractivity contribution in [1.82, 2.24) is 40.5 Å². The number of nitrogens with zero attached hydrogens (tertiary/aromatic N) is 6. The highest BCUT2D eigenvalue weighted by Crippen LogP contribution is 2.39. The number of aromatic nitrogens is 6. The Morgan fingerprint density at radius 3 is 1.30 bits per heavy atom. The van der Waals surface area contributed by atoms with E-state index >= 15 is 0 Å². The predicted molar refractivity (Wildman–Crippen MR) is 425 cm³/mol. The quantitative estimate of drug-likeness (QED) is 0.0255. The molecule has 7 heterocycles. The molecular weight excluding hydrogens is 1820 g/mol. The molecule has 113 heavy (non-hydrogen) atoms. The van der Waals surface area contributed by atoms with E-state index in [2.05, 4.69) is 135 Å². The van der Waals surface area contributed by atoms with Gasteiger partial charge in [-0.15, -0.1) is 39.5 Å². The number of hydrogen-bond donors (Lipinski definition) is 6. The largest absolute Gasteiger partial charge is 0.573 e. The summed E-state index contributed by atoms with van der Waals surface area (Å²) in [6.07, 6.45) is -9.20. The van der Waals surface area contributed by atoms with Crippen LogP contribution in [0.5, 0.6) is 17.2 Å². The van der Waals surface area contributed by atoms with E-state index in [-0.39, 0.29) is 78.8 Å². The molecule has 1 aliphatic heterocycles. The second-order valence-corrected chi connectivity index (χ2v) is 30.5. The van der Waals surface area contributed by atoms with Crippen molar-refractivity contribution >= 4 is 184 Å². The maximum atomic E-state index is 12.9. The molecule has 0 aliphatic carbocycles. The zero-order valence-electron chi connectivity index (χ0n) is 59.6. The molecule has 22 nitrogen and oxygen atoms in total. The number of thiazole rings is 2. The number of alkyl halides is 9. The third-order valence-electron chi connectivity index (χ3n) is 15.6. The molecule has 41 heteroatoms. The maximum absolute atomic E-state index is 12.9. The average molecular weight is 1880 g/mol. The van der Waals surface area contributed by atoms with Crippen LogP contribution >= 0.6 is 117 Å². The Morgan fingerprint density at radius 1 is 0.522 bits per heavy atom. The summed E-state index contributed by atoms with van der Waals surface area (Å²) in [5.74, 6) is -3.48. The molecule has 11 aromatic rings. The second-order valence-electron chi connectivity index (χ2n) is 24.4. The molecule has 0 bridgehead atoms. The number of nitrogens with two attached hydrogens (primary N) is 3. The molecule has 3 unspecified atom stereocenters. The van der Waals surface area contributed by atoms with Crippen molar-refractivity contribution in [1.29, 1.82) is 0 Å². The topological polar surface area (TPSA) is 323 Å². The van der Waals surface area contributed by atoms with E-state index in [1.165, 1.54) is 121 Å². The first kappa shape index (κ1) is 91.5. The number of fused-ring (bicyclic) bond motifs is 2. The molecule has 5 aromatic carbocycles. The number of esters is 1. The van der Waals surface area contributed by atoms with Gasteiger partial charge in [-0.1, -0.05) is 136 Å². The molecule has 6 aromatic heterocycles. The van der Waals surface area contributed by atoms with Gasteiger partial charge in [-0.05, 0) is 174 Å². The van der Waals surface area contributed by atoms with Gasteiger partial charge in [0, 0.05) is 53.1 Å². The molecular formula is C72H62BBr3Cl4F9N11O11S2. The van der Waals surface area contributed by atoms with E-state index < -0.39 is 61.0 Å². The summed E-state index contributed by atoms with van der Waals surface area (Å²) in [7, 11) is 0.975. The van der Waals surface area contributed by atoms with E-state index in [9.17, 15) is 58.7 Å². The van der Waals surface area contributed by atoms with E-state index in [1.807, 2.05) is 24.3 Å². The average Bonchev–Trinajstić information content (AvgIpc) is 1.60. The molecule has 12 rings (SSSR count). The smallest absolute Gasteiger partial charge is 0.478 e. The van der Waals surface area contributed by atoms with Crippen LogP contribution in [0.4, 0.5) is 49.8 Å². The lowest BCUT2D eigenvalue weighted by Gasteiger charge is -2.32. The summed E-state index contributed by atoms with van der Waals surface area (Å²) in [5, 5.41) is 15.8. The third kappa shape index (κ3) is 26.9. The summed E-state index contributed by atoms with van der Waals surface area (Å²) in [6, 6.07) is 32.5. The number of benzene rings is 5. The molecule has 1 aliphatic rings. The zero-order chi connectivity index (χ0) is 83.8. The predicted octanol–water partition coefficient (Wildman–Crippen LogP) is 20.1. The minimum absolute atomic E-state index is 0.112. The van der Waals surface area contributed by atoms with Crippen molar-refractivity contribution in [3.8, 4) is 28.4 Å². The van der Waals surface area contributed by atoms with E-state index in [0.29, 0.717) is 45.5 Å². The number of para-hydroxylation sites is 3. The number of rotatable bonds is 14. The zero-order valence-corrected chi connectivity index (χ0v) is 69.0. The van der Waals surface area contributed by atoms with Crippen LogP contribution in [0.2, 0.25) is 20.6 Å². The Hall–Kier alpha value is -8.73. The highest BCUT2D eigenvalue weighted by atomic mass is 79.9. The van der Waals surface area contributed by atoms with E-state index in [1.54, 1.807) is 63.2 Å². The Bertz CT molecular complexity index is 5200. The highest BCUT2D eigenvalue weighted by Gasteiger charge is 2.52. The highest BCUT2D eigenvalue weighted by molar-refractivity contribution is 9.11. The lowest BCUT2D eigenvalue weighted by atomic mass is 9.79. The van der Waals surface area contributed by atoms with E-state index in [4.69, 9.17) is 78.0 Å². The van der Waals surface area contributed by atoms with Crippen molar-refractivity contribution in [2.75, 3.05) is 18.6 Å². The molecule has 9 N–H and O–H groups in total. The van der Waals surface area contributed by atoms with Gasteiger partial charge < -0.3 is 61.2 Å². The fourth-order valence-corrected chi connectivity index (χ4v) is 12.7. The number of anilines is 2. The summed E-state index contributed by atoms with van der Waals surface area (Å²) >= 11 is 35.3. The molecule has 3 atom stereocenters. The van der Waals surface area contributed by atoms with Crippen molar-refractivity contribution in [2.24, 2.45) is 5.73 Å². The number of ether oxygens (including phenoxy) is 4. The number of carbonyl (C=O) groups is 4. The number of hydrogen-bond acceptors (Lipinski definition) is 21. The van der Waals surface area contributed by atoms with Crippen LogP contribution in [-0.4, -0.2) is 103 Å². The van der Waals surface area contributed by atoms with Crippen LogP contribution in [0.25, 0.3) is 31.6 Å². The van der Waals surface area contributed by atoms with Gasteiger partial charge in [0.05, 0.1) is 86.5 Å². The first-order valence-corrected chi connectivity index (χ1v) is 37.7. The number of nitrogen functional groups attached to an aromatic ring is 2. The minimum Gasteiger partial charge on any atom is -0.478 e. The van der Waals surface area contributed by atoms with Crippen molar-refractivity contribution in [3.63, 3.8) is 0 Å². The van der Waals surface area contributed by atoms with Gasteiger partial charge in [-0.25, -0.2) is 39.5 Å². The number of carboxylic acid groups (broad SMARTS) is 1. The molecule has 0 saturated carbocycles. The lowest BCUT2D eigenvalue weighted by Crippen LogP contribution is -2.41. The molecule has 2 amide bonds. The van der Waals surface area contributed by atoms with Crippen molar-refractivity contribution in [3.05, 3.63) is 231 Å². The first-order chi connectivity index (χ1) is 52.7. The number of carboxylic acids is 1. The standard InChI is InChI=1S/C22H16ClF3N4O2S.C15H11BrClF3N2O2.C13H17BN2O2S.C9H10F3NO.C7H5BrClNO2.C6H3BrClNO2/c1-11(14-4-2-3-5-17(14)32-22(24,25)26)29-20(31)13-8-15(19(23)28-10-13)12-6-7-16-18(9-12)33-21(27)30-16;1-8(10-4-2-3-5-12(10)24-15(18,19)20)22-14(23)9-6-11(16)13(17)21-7-9;1-12(2)13(3,4)18-14(17-12)8-5-6-9-10(7-8)19-11(15)16-9;1-6(13)7-4-2-3-5-8(7)14-9(10,11)12;1-12-7(11)4-2-5(8)6(9)10-3-4;7-4-1-3(6(10)11)2-9-5(4)8/h2-11H,1H3,(H2,27,30)(H,29,31);2-8H,1H3,(H,22,23);5-7H,1-4H3,(H2,15,16);2-6H,13H2,1H3;2-3H,1H3;1-2H,(H,10,11). The van der Waals surface area contributed by atoms with Gasteiger partial charge in [-0.3, -0.25) is 9.59 Å². The van der Waals surface area contributed by atoms with Crippen LogP contribution in [0.1, 0.15) is 125 Å². The monoisotopic (exact) mass is 1880 g/mol. The second kappa shape index (κ2) is 39.5. The molecule has 1 fully saturated rings. The molecule has 1 saturated heterocycles. The van der Waals surface area contributed by atoms with Gasteiger partial charge in [0.15, 0.2) is 10.3 Å². The maximum Gasteiger partial charge on any atom is 0.573 e. The van der Waals surface area contributed by atoms with Gasteiger partial charge in [-0.2, -0.15) is 0 Å². The lowest BCUT2D eigenvalue weighted by molar-refractivity contribution is -0.276. The van der Waals surface area contributed by atoms with Crippen LogP contribution in [0.15, 0.2) is 172 Å². The third-order valence-corrected chi connectivity index (χ3v) is 21.0. The van der Waals surface area contributed by atoms with Crippen LogP contribution < -0.4 is 47.5 Å². The van der Waals surface area contributed by atoms with Gasteiger partial charge >= 0.3 is 38.1 Å². The number of nitrogens with one attached hydrogen (secondary N) is 2. The number of amides is 2. The summed E-state index contributed by atoms with van der Waals surface area (Å²) in [4.78, 5) is 70.2. The fraction of sp³-hybridized carbons (Fsp3) is 0.222. The van der Waals surface area contributed by atoms with Gasteiger partial charge in [0.2, 0.25) is 0 Å². The SMILES string of the molecule is CC(N)c1ccccc1OC(F)(F)F.CC(NC(=O)c1cnc(Cl)c(-c2ccc3nc(N)sc3c2)c1)c1ccccc1OC(F)(F)F.CC(NC(=O)c1cnc(Cl)c(Br)c1)c1ccccc1OC(F)(F)F.CC1(C)OB(c2ccc3nc(N)sc3c2)OC1(C)C.COC(=O)c1cnc(Cl)c(Br)c1.O=C(O)c1cnc(Cl)c(Br)c1. The molecule has 0 radical (unpaired) electrons. The fourth-order valence-electron chi connectivity index (χ4n) is 9.61. The Labute approximate surface area is 692 Å². The number of pyridine rings is 4. The van der Waals surface area contributed by atoms with Crippen LogP contribution in [-0.2, 0) is 14.0 Å². The normalized spacial score (nSPS) is 13.5. The minimum atomic E-state index is -4.85. The van der Waals surface area contributed by atoms with Crippen molar-refractivity contribution < 1.29 is 92.1 Å².